The third-order valence-corrected chi connectivity index (χ3v) is 4.90. The third-order valence-electron chi connectivity index (χ3n) is 2.67. The minimum absolute atomic E-state index is 0.0837. The van der Waals surface area contributed by atoms with Gasteiger partial charge in [-0.25, -0.2) is 0 Å². The topological polar surface area (TPSA) is 101 Å². The molecule has 0 saturated heterocycles. The minimum Gasteiger partial charge on any atom is -0.326 e. The molecule has 0 aliphatic heterocycles. The first kappa shape index (κ1) is 15.3. The number of H-pyrrole nitrogens is 1. The molecule has 4 N–H and O–H groups in total. The summed E-state index contributed by atoms with van der Waals surface area (Å²) in [7, 11) is -3.82. The molecule has 1 aromatic heterocycles. The lowest BCUT2D eigenvalue weighted by Gasteiger charge is -2.09. The lowest BCUT2D eigenvalue weighted by Crippen LogP contribution is -2.16. The summed E-state index contributed by atoms with van der Waals surface area (Å²) in [5.41, 5.74) is 7.02. The number of aromatic nitrogens is 2. The van der Waals surface area contributed by atoms with E-state index in [0.29, 0.717) is 26.4 Å². The number of nitrogens with one attached hydrogen (secondary N) is 2. The lowest BCUT2D eigenvalue weighted by atomic mass is 10.3. The van der Waals surface area contributed by atoms with Gasteiger partial charge < -0.3 is 5.73 Å². The number of rotatable bonds is 4. The van der Waals surface area contributed by atoms with Crippen LogP contribution in [0.5, 0.6) is 0 Å². The maximum atomic E-state index is 12.3. The molecule has 20 heavy (non-hydrogen) atoms. The number of hydrogen-bond donors (Lipinski definition) is 3. The second-order valence-corrected chi connectivity index (χ2v) is 6.95. The Morgan fingerprint density at radius 3 is 2.80 bits per heavy atom. The number of anilines is 1. The average Bonchev–Trinajstić information content (AvgIpc) is 2.74. The van der Waals surface area contributed by atoms with Gasteiger partial charge in [-0.2, -0.15) is 13.5 Å². The highest BCUT2D eigenvalue weighted by molar-refractivity contribution is 9.10. The molecule has 0 spiro atoms. The summed E-state index contributed by atoms with van der Waals surface area (Å²) in [4.78, 5) is 0. The van der Waals surface area contributed by atoms with Crippen LogP contribution in [0.1, 0.15) is 11.3 Å². The molecule has 0 amide bonds. The molecule has 0 bridgehead atoms. The van der Waals surface area contributed by atoms with Gasteiger partial charge in [0, 0.05) is 27.3 Å². The normalized spacial score (nSPS) is 11.6. The number of hydrogen-bond acceptors (Lipinski definition) is 4. The summed E-state index contributed by atoms with van der Waals surface area (Å²) in [6, 6.07) is 4.74. The molecule has 0 radical (unpaired) electrons. The van der Waals surface area contributed by atoms with E-state index in [4.69, 9.17) is 17.3 Å². The summed E-state index contributed by atoms with van der Waals surface area (Å²) in [6.45, 7) is 1.80. The monoisotopic (exact) mass is 378 g/mol. The van der Waals surface area contributed by atoms with Crippen LogP contribution in [-0.2, 0) is 16.6 Å². The average molecular weight is 380 g/mol. The van der Waals surface area contributed by atoms with Gasteiger partial charge >= 0.3 is 0 Å². The van der Waals surface area contributed by atoms with E-state index < -0.39 is 10.0 Å². The summed E-state index contributed by atoms with van der Waals surface area (Å²) in [5.74, 6) is 0. The van der Waals surface area contributed by atoms with Gasteiger partial charge in [-0.3, -0.25) is 9.82 Å². The molecular formula is C11H12BrClN4O2S. The first-order valence-electron chi connectivity index (χ1n) is 5.57. The Bertz CT molecular complexity index is 745. The smallest absolute Gasteiger partial charge is 0.281 e. The van der Waals surface area contributed by atoms with E-state index in [0.717, 1.165) is 0 Å². The van der Waals surface area contributed by atoms with E-state index in [1.165, 1.54) is 0 Å². The van der Waals surface area contributed by atoms with Crippen molar-refractivity contribution in [3.8, 4) is 0 Å². The van der Waals surface area contributed by atoms with Crippen molar-refractivity contribution in [2.75, 3.05) is 4.72 Å². The maximum absolute atomic E-state index is 12.3. The van der Waals surface area contributed by atoms with Gasteiger partial charge in [0.05, 0.1) is 5.69 Å². The van der Waals surface area contributed by atoms with Crippen molar-refractivity contribution in [3.63, 3.8) is 0 Å². The van der Waals surface area contributed by atoms with Crippen LogP contribution in [0.4, 0.5) is 5.69 Å². The number of halogens is 2. The Balaban J connectivity index is 2.41. The molecule has 1 heterocycles. The first-order valence-corrected chi connectivity index (χ1v) is 8.22. The van der Waals surface area contributed by atoms with Crippen molar-refractivity contribution >= 4 is 43.2 Å². The zero-order chi connectivity index (χ0) is 14.9. The molecule has 0 aliphatic rings. The molecule has 1 aromatic carbocycles. The van der Waals surface area contributed by atoms with E-state index >= 15 is 0 Å². The van der Waals surface area contributed by atoms with E-state index in [2.05, 4.69) is 30.8 Å². The molecule has 2 aromatic rings. The van der Waals surface area contributed by atoms with Crippen LogP contribution in [0.3, 0.4) is 0 Å². The van der Waals surface area contributed by atoms with Gasteiger partial charge in [-0.15, -0.1) is 0 Å². The fourth-order valence-corrected chi connectivity index (χ4v) is 3.86. The van der Waals surface area contributed by atoms with E-state index in [1.54, 1.807) is 25.1 Å². The third kappa shape index (κ3) is 2.98. The quantitative estimate of drug-likeness (QED) is 0.759. The van der Waals surface area contributed by atoms with Crippen molar-refractivity contribution in [2.45, 2.75) is 18.5 Å². The highest BCUT2D eigenvalue weighted by Gasteiger charge is 2.23. The van der Waals surface area contributed by atoms with Gasteiger partial charge in [-0.05, 0) is 41.1 Å². The molecule has 0 aliphatic carbocycles. The van der Waals surface area contributed by atoms with Crippen LogP contribution in [0.15, 0.2) is 27.7 Å². The Morgan fingerprint density at radius 1 is 1.50 bits per heavy atom. The molecule has 0 unspecified atom stereocenters. The zero-order valence-electron chi connectivity index (χ0n) is 10.4. The highest BCUT2D eigenvalue weighted by Crippen LogP contribution is 2.28. The summed E-state index contributed by atoms with van der Waals surface area (Å²) < 4.78 is 27.6. The fraction of sp³-hybridized carbons (Fsp3) is 0.182. The largest absolute Gasteiger partial charge is 0.326 e. The second kappa shape index (κ2) is 5.72. The van der Waals surface area contributed by atoms with Crippen LogP contribution in [0.2, 0.25) is 5.02 Å². The molecule has 2 rings (SSSR count). The van der Waals surface area contributed by atoms with Crippen LogP contribution in [0.25, 0.3) is 0 Å². The molecule has 9 heteroatoms. The van der Waals surface area contributed by atoms with Gasteiger partial charge in [0.25, 0.3) is 10.0 Å². The molecule has 0 fully saturated rings. The number of benzene rings is 1. The zero-order valence-corrected chi connectivity index (χ0v) is 13.6. The van der Waals surface area contributed by atoms with Gasteiger partial charge in [0.1, 0.15) is 0 Å². The van der Waals surface area contributed by atoms with Crippen LogP contribution < -0.4 is 10.5 Å². The van der Waals surface area contributed by atoms with Crippen molar-refractivity contribution < 1.29 is 8.42 Å². The van der Waals surface area contributed by atoms with E-state index in [-0.39, 0.29) is 11.6 Å². The number of aromatic amines is 1. The number of aryl methyl sites for hydroxylation is 1. The van der Waals surface area contributed by atoms with Crippen molar-refractivity contribution in [1.29, 1.82) is 0 Å². The highest BCUT2D eigenvalue weighted by atomic mass is 79.9. The standard InChI is InChI=1S/C11H12BrClN4O2S/c1-6-8(5-14)11(16-15-6)20(18,19)17-10-3-2-7(13)4-9(10)12/h2-4,17H,5,14H2,1H3,(H,15,16). The van der Waals surface area contributed by atoms with Crippen LogP contribution >= 0.6 is 27.5 Å². The predicted molar refractivity (Wildman–Crippen MR) is 81.2 cm³/mol. The van der Waals surface area contributed by atoms with Crippen LogP contribution in [-0.4, -0.2) is 18.6 Å². The number of nitrogens with zero attached hydrogens (tertiary/aromatic N) is 1. The summed E-state index contributed by atoms with van der Waals surface area (Å²) in [5, 5.41) is 6.83. The number of sulfonamides is 1. The SMILES string of the molecule is Cc1[nH]nc(S(=O)(=O)Nc2ccc(Cl)cc2Br)c1CN. The van der Waals surface area contributed by atoms with Crippen molar-refractivity contribution in [3.05, 3.63) is 39.0 Å². The van der Waals surface area contributed by atoms with Gasteiger partial charge in [0.15, 0.2) is 0 Å². The van der Waals surface area contributed by atoms with Gasteiger partial charge in [0.2, 0.25) is 5.03 Å². The fourth-order valence-electron chi connectivity index (χ4n) is 1.66. The maximum Gasteiger partial charge on any atom is 0.281 e. The number of nitrogens with two attached hydrogens (primary N) is 1. The molecule has 6 nitrogen and oxygen atoms in total. The summed E-state index contributed by atoms with van der Waals surface area (Å²) >= 11 is 9.06. The van der Waals surface area contributed by atoms with E-state index in [1.807, 2.05) is 0 Å². The molecular weight excluding hydrogens is 368 g/mol. The molecule has 108 valence electrons. The van der Waals surface area contributed by atoms with Crippen molar-refractivity contribution in [2.24, 2.45) is 5.73 Å². The predicted octanol–water partition coefficient (Wildman–Crippen LogP) is 2.39. The lowest BCUT2D eigenvalue weighted by molar-refractivity contribution is 0.596. The van der Waals surface area contributed by atoms with Crippen molar-refractivity contribution in [1.82, 2.24) is 10.2 Å². The first-order chi connectivity index (χ1) is 9.35. The van der Waals surface area contributed by atoms with Gasteiger partial charge in [-0.1, -0.05) is 11.6 Å². The molecule has 0 saturated carbocycles. The van der Waals surface area contributed by atoms with Crippen LogP contribution in [0, 0.1) is 6.92 Å². The Kier molecular flexibility index (Phi) is 4.38. The Hall–Kier alpha value is -1.09. The second-order valence-electron chi connectivity index (χ2n) is 4.07. The summed E-state index contributed by atoms with van der Waals surface area (Å²) in [6.07, 6.45) is 0. The Morgan fingerprint density at radius 2 is 2.20 bits per heavy atom. The molecule has 0 atom stereocenters. The minimum atomic E-state index is -3.82. The van der Waals surface area contributed by atoms with E-state index in [9.17, 15) is 8.42 Å². The Labute approximate surface area is 129 Å².